The summed E-state index contributed by atoms with van der Waals surface area (Å²) in [5, 5.41) is 3.70. The smallest absolute Gasteiger partial charge is 0.282 e. The zero-order valence-electron chi connectivity index (χ0n) is 14.1. The maximum atomic E-state index is 12.8. The van der Waals surface area contributed by atoms with Crippen molar-refractivity contribution in [1.82, 2.24) is 19.6 Å². The second-order valence-corrected chi connectivity index (χ2v) is 6.92. The first-order chi connectivity index (χ1) is 11.3. The Morgan fingerprint density at radius 2 is 2.00 bits per heavy atom. The molecule has 2 aliphatic rings. The Balaban J connectivity index is 1.72. The number of alkyl halides is 2. The molecule has 0 bridgehead atoms. The lowest BCUT2D eigenvalue weighted by Gasteiger charge is -2.31. The lowest BCUT2D eigenvalue weighted by atomic mass is 9.88. The van der Waals surface area contributed by atoms with Crippen LogP contribution in [0.5, 0.6) is 0 Å². The van der Waals surface area contributed by atoms with E-state index in [2.05, 4.69) is 5.10 Å². The van der Waals surface area contributed by atoms with Crippen LogP contribution in [0.3, 0.4) is 0 Å². The van der Waals surface area contributed by atoms with Gasteiger partial charge in [-0.15, -0.1) is 0 Å². The average Bonchev–Trinajstić information content (AvgIpc) is 3.10. The number of carbonyl (C=O) groups excluding carboxylic acids is 2. The van der Waals surface area contributed by atoms with Crippen LogP contribution in [0.15, 0.2) is 6.07 Å². The topological polar surface area (TPSA) is 58.4 Å². The lowest BCUT2D eigenvalue weighted by Crippen LogP contribution is -2.40. The van der Waals surface area contributed by atoms with Crippen LogP contribution in [-0.2, 0) is 11.8 Å². The predicted molar refractivity (Wildman–Crippen MR) is 82.5 cm³/mol. The van der Waals surface area contributed by atoms with Gasteiger partial charge in [-0.05, 0) is 30.7 Å². The first-order valence-corrected chi connectivity index (χ1v) is 8.11. The van der Waals surface area contributed by atoms with E-state index in [0.29, 0.717) is 18.3 Å². The molecule has 0 N–H and O–H groups in total. The van der Waals surface area contributed by atoms with E-state index in [1.165, 1.54) is 11.7 Å². The zero-order valence-corrected chi connectivity index (χ0v) is 14.1. The average molecular weight is 340 g/mol. The van der Waals surface area contributed by atoms with Crippen LogP contribution in [0.25, 0.3) is 0 Å². The van der Waals surface area contributed by atoms with E-state index in [0.717, 1.165) is 25.5 Å². The Hall–Kier alpha value is -1.99. The van der Waals surface area contributed by atoms with Gasteiger partial charge in [-0.2, -0.15) is 5.10 Å². The molecule has 8 heteroatoms. The van der Waals surface area contributed by atoms with E-state index in [4.69, 9.17) is 0 Å². The van der Waals surface area contributed by atoms with Crippen LogP contribution in [0.4, 0.5) is 8.78 Å². The summed E-state index contributed by atoms with van der Waals surface area (Å²) < 4.78 is 26.7. The van der Waals surface area contributed by atoms with Crippen molar-refractivity contribution in [3.05, 3.63) is 17.5 Å². The number of hydrogen-bond acceptors (Lipinski definition) is 3. The van der Waals surface area contributed by atoms with Gasteiger partial charge in [0.15, 0.2) is 0 Å². The van der Waals surface area contributed by atoms with Crippen molar-refractivity contribution in [2.45, 2.75) is 31.7 Å². The van der Waals surface area contributed by atoms with Crippen molar-refractivity contribution < 1.29 is 18.4 Å². The number of amides is 2. The van der Waals surface area contributed by atoms with Gasteiger partial charge in [-0.1, -0.05) is 0 Å². The molecule has 0 aromatic carbocycles. The molecular formula is C16H22F2N4O2. The van der Waals surface area contributed by atoms with E-state index in [1.807, 2.05) is 7.05 Å². The van der Waals surface area contributed by atoms with Gasteiger partial charge in [0.1, 0.15) is 11.4 Å². The van der Waals surface area contributed by atoms with Crippen LogP contribution in [0.2, 0.25) is 0 Å². The SMILES string of the molecule is CN1C[C@@H]2C[C@H](N(C)C(=O)c3cc(C(F)F)nn3C)C[C@@H]2CC1=O. The molecule has 0 spiro atoms. The lowest BCUT2D eigenvalue weighted by molar-refractivity contribution is -0.134. The third kappa shape index (κ3) is 2.89. The normalized spacial score (nSPS) is 26.8. The summed E-state index contributed by atoms with van der Waals surface area (Å²) in [5.41, 5.74) is -0.225. The van der Waals surface area contributed by atoms with Gasteiger partial charge in [0.2, 0.25) is 5.91 Å². The molecule has 1 saturated carbocycles. The van der Waals surface area contributed by atoms with Crippen molar-refractivity contribution >= 4 is 11.8 Å². The van der Waals surface area contributed by atoms with Crippen molar-refractivity contribution in [2.24, 2.45) is 18.9 Å². The van der Waals surface area contributed by atoms with Gasteiger partial charge in [-0.25, -0.2) is 8.78 Å². The number of likely N-dealkylation sites (tertiary alicyclic amines) is 1. The van der Waals surface area contributed by atoms with E-state index < -0.39 is 6.43 Å². The maximum absolute atomic E-state index is 12.8. The minimum absolute atomic E-state index is 0.0247. The largest absolute Gasteiger partial charge is 0.345 e. The molecule has 2 fully saturated rings. The Kier molecular flexibility index (Phi) is 4.31. The summed E-state index contributed by atoms with van der Waals surface area (Å²) in [4.78, 5) is 27.9. The zero-order chi connectivity index (χ0) is 17.6. The van der Waals surface area contributed by atoms with E-state index in [9.17, 15) is 18.4 Å². The molecule has 1 saturated heterocycles. The summed E-state index contributed by atoms with van der Waals surface area (Å²) in [6.45, 7) is 0.725. The number of piperidine rings is 1. The second-order valence-electron chi connectivity index (χ2n) is 6.92. The standard InChI is InChI=1S/C16H22F2N4O2/c1-20-8-10-5-11(4-9(10)6-14(20)23)21(2)16(24)13-7-12(15(17)18)19-22(13)3/h7,9-11,15H,4-6,8H2,1-3H3/t9-,10+,11-/m1/s1. The highest BCUT2D eigenvalue weighted by molar-refractivity contribution is 5.92. The summed E-state index contributed by atoms with van der Waals surface area (Å²) in [6.07, 6.45) is -0.546. The molecule has 24 heavy (non-hydrogen) atoms. The van der Waals surface area contributed by atoms with Crippen molar-refractivity contribution in [3.8, 4) is 0 Å². The quantitative estimate of drug-likeness (QED) is 0.841. The Morgan fingerprint density at radius 1 is 1.33 bits per heavy atom. The fourth-order valence-electron chi connectivity index (χ4n) is 3.95. The molecule has 0 unspecified atom stereocenters. The maximum Gasteiger partial charge on any atom is 0.282 e. The minimum Gasteiger partial charge on any atom is -0.345 e. The first-order valence-electron chi connectivity index (χ1n) is 8.11. The van der Waals surface area contributed by atoms with Crippen LogP contribution < -0.4 is 0 Å². The van der Waals surface area contributed by atoms with Crippen LogP contribution in [-0.4, -0.2) is 58.1 Å². The first kappa shape index (κ1) is 16.9. The Morgan fingerprint density at radius 3 is 2.62 bits per heavy atom. The molecule has 1 aliphatic carbocycles. The van der Waals surface area contributed by atoms with Crippen molar-refractivity contribution in [2.75, 3.05) is 20.6 Å². The van der Waals surface area contributed by atoms with Gasteiger partial charge in [-0.3, -0.25) is 14.3 Å². The summed E-state index contributed by atoms with van der Waals surface area (Å²) in [6, 6.07) is 1.18. The van der Waals surface area contributed by atoms with E-state index in [-0.39, 0.29) is 29.2 Å². The summed E-state index contributed by atoms with van der Waals surface area (Å²) in [7, 11) is 5.00. The molecule has 3 rings (SSSR count). The fraction of sp³-hybridized carbons (Fsp3) is 0.688. The molecule has 1 aromatic heterocycles. The third-order valence-corrected chi connectivity index (χ3v) is 5.40. The van der Waals surface area contributed by atoms with Crippen molar-refractivity contribution in [1.29, 1.82) is 0 Å². The number of nitrogens with zero attached hydrogens (tertiary/aromatic N) is 4. The number of aromatic nitrogens is 2. The van der Waals surface area contributed by atoms with Gasteiger partial charge >= 0.3 is 0 Å². The monoisotopic (exact) mass is 340 g/mol. The van der Waals surface area contributed by atoms with E-state index in [1.54, 1.807) is 16.8 Å². The predicted octanol–water partition coefficient (Wildman–Crippen LogP) is 1.69. The number of halogens is 2. The third-order valence-electron chi connectivity index (χ3n) is 5.40. The fourth-order valence-corrected chi connectivity index (χ4v) is 3.95. The molecule has 1 aliphatic heterocycles. The number of carbonyl (C=O) groups is 2. The molecule has 3 atom stereocenters. The highest BCUT2D eigenvalue weighted by Gasteiger charge is 2.42. The van der Waals surface area contributed by atoms with Crippen molar-refractivity contribution in [3.63, 3.8) is 0 Å². The van der Waals surface area contributed by atoms with Gasteiger partial charge < -0.3 is 9.80 Å². The minimum atomic E-state index is -2.70. The Labute approximate surface area is 139 Å². The highest BCUT2D eigenvalue weighted by Crippen LogP contribution is 2.40. The molecule has 2 amide bonds. The number of aryl methyl sites for hydroxylation is 1. The van der Waals surface area contributed by atoms with E-state index >= 15 is 0 Å². The number of rotatable bonds is 3. The van der Waals surface area contributed by atoms with Gasteiger partial charge in [0, 0.05) is 40.2 Å². The van der Waals surface area contributed by atoms with Crippen LogP contribution in [0, 0.1) is 11.8 Å². The molecule has 6 nitrogen and oxygen atoms in total. The second kappa shape index (κ2) is 6.14. The summed E-state index contributed by atoms with van der Waals surface area (Å²) in [5.74, 6) is 0.549. The highest BCUT2D eigenvalue weighted by atomic mass is 19.3. The van der Waals surface area contributed by atoms with Gasteiger partial charge in [0.05, 0.1) is 0 Å². The molecular weight excluding hydrogens is 318 g/mol. The molecule has 0 radical (unpaired) electrons. The Bertz CT molecular complexity index is 661. The summed E-state index contributed by atoms with van der Waals surface area (Å²) >= 11 is 0. The number of hydrogen-bond donors (Lipinski definition) is 0. The van der Waals surface area contributed by atoms with Crippen LogP contribution in [0.1, 0.15) is 41.9 Å². The van der Waals surface area contributed by atoms with Crippen LogP contribution >= 0.6 is 0 Å². The van der Waals surface area contributed by atoms with Gasteiger partial charge in [0.25, 0.3) is 12.3 Å². The molecule has 132 valence electrons. The molecule has 1 aromatic rings. The number of fused-ring (bicyclic) bond motifs is 1. The molecule has 2 heterocycles.